The Morgan fingerprint density at radius 2 is 1.62 bits per heavy atom. The Bertz CT molecular complexity index is 505. The Morgan fingerprint density at radius 1 is 1.05 bits per heavy atom. The van der Waals surface area contributed by atoms with Crippen LogP contribution in [-0.2, 0) is 9.47 Å². The molecular formula is C17H22O4. The van der Waals surface area contributed by atoms with E-state index in [0.717, 1.165) is 24.8 Å². The van der Waals surface area contributed by atoms with E-state index in [9.17, 15) is 9.59 Å². The number of ether oxygens (including phenoxy) is 2. The molecule has 1 aromatic carbocycles. The van der Waals surface area contributed by atoms with Crippen molar-refractivity contribution in [1.82, 2.24) is 0 Å². The van der Waals surface area contributed by atoms with Crippen LogP contribution in [0.5, 0.6) is 0 Å². The topological polar surface area (TPSA) is 52.6 Å². The Morgan fingerprint density at radius 3 is 2.14 bits per heavy atom. The van der Waals surface area contributed by atoms with Gasteiger partial charge in [-0.25, -0.2) is 9.59 Å². The van der Waals surface area contributed by atoms with E-state index in [4.69, 9.17) is 9.47 Å². The predicted octanol–water partition coefficient (Wildman–Crippen LogP) is 3.77. The summed E-state index contributed by atoms with van der Waals surface area (Å²) in [5, 5.41) is 0. The monoisotopic (exact) mass is 290 g/mol. The molecule has 0 aromatic heterocycles. The van der Waals surface area contributed by atoms with Gasteiger partial charge in [-0.15, -0.1) is 0 Å². The quantitative estimate of drug-likeness (QED) is 0.415. The lowest BCUT2D eigenvalue weighted by Crippen LogP contribution is -2.15. The van der Waals surface area contributed by atoms with E-state index in [-0.39, 0.29) is 17.7 Å². The highest BCUT2D eigenvalue weighted by Gasteiger charge is 2.18. The fraction of sp³-hybridized carbons (Fsp3) is 0.412. The van der Waals surface area contributed by atoms with Gasteiger partial charge in [0.2, 0.25) is 0 Å². The van der Waals surface area contributed by atoms with Crippen molar-refractivity contribution in [3.8, 4) is 0 Å². The van der Waals surface area contributed by atoms with Crippen LogP contribution in [0.1, 0.15) is 53.8 Å². The van der Waals surface area contributed by atoms with Crippen molar-refractivity contribution in [1.29, 1.82) is 0 Å². The number of carbonyl (C=O) groups excluding carboxylic acids is 2. The molecule has 0 fully saturated rings. The molecule has 0 N–H and O–H groups in total. The van der Waals surface area contributed by atoms with Crippen molar-refractivity contribution in [3.63, 3.8) is 0 Å². The highest BCUT2D eigenvalue weighted by atomic mass is 16.5. The minimum atomic E-state index is -0.542. The number of rotatable bonds is 8. The van der Waals surface area contributed by atoms with Gasteiger partial charge in [0.15, 0.2) is 0 Å². The number of unbranched alkanes of at least 4 members (excludes halogenated alkanes) is 2. The number of hydrogen-bond donors (Lipinski definition) is 0. The van der Waals surface area contributed by atoms with Gasteiger partial charge >= 0.3 is 11.9 Å². The molecule has 0 aliphatic carbocycles. The van der Waals surface area contributed by atoms with Crippen LogP contribution in [0.3, 0.4) is 0 Å². The molecule has 0 heterocycles. The van der Waals surface area contributed by atoms with E-state index < -0.39 is 11.9 Å². The van der Waals surface area contributed by atoms with E-state index in [1.165, 1.54) is 0 Å². The molecule has 1 aromatic rings. The Kier molecular flexibility index (Phi) is 7.23. The molecule has 0 atom stereocenters. The lowest BCUT2D eigenvalue weighted by molar-refractivity contribution is 0.0468. The molecule has 114 valence electrons. The average molecular weight is 290 g/mol. The van der Waals surface area contributed by atoms with Crippen LogP contribution in [0, 0.1) is 0 Å². The molecule has 0 saturated heterocycles. The molecule has 4 nitrogen and oxygen atoms in total. The third kappa shape index (κ3) is 5.81. The largest absolute Gasteiger partial charge is 0.462 e. The maximum absolute atomic E-state index is 12.0. The molecule has 0 unspecified atom stereocenters. The maximum atomic E-state index is 12.0. The van der Waals surface area contributed by atoms with Crippen molar-refractivity contribution in [2.75, 3.05) is 13.2 Å². The van der Waals surface area contributed by atoms with Crippen LogP contribution in [-0.4, -0.2) is 25.2 Å². The third-order valence-corrected chi connectivity index (χ3v) is 2.80. The van der Waals surface area contributed by atoms with Gasteiger partial charge in [0.25, 0.3) is 0 Å². The second-order valence-corrected chi connectivity index (χ2v) is 4.92. The molecule has 4 heteroatoms. The third-order valence-electron chi connectivity index (χ3n) is 2.80. The standard InChI is InChI=1S/C17H22O4/c1-4-5-8-11-20-16(18)14-9-6-7-10-15(14)17(19)21-12-13(2)3/h6-7,9-10H,2,4-5,8,11-12H2,1,3H3. The van der Waals surface area contributed by atoms with Crippen LogP contribution in [0.4, 0.5) is 0 Å². The number of hydrogen-bond acceptors (Lipinski definition) is 4. The maximum Gasteiger partial charge on any atom is 0.339 e. The van der Waals surface area contributed by atoms with Gasteiger partial charge in [0, 0.05) is 0 Å². The lowest BCUT2D eigenvalue weighted by Gasteiger charge is -2.09. The smallest absolute Gasteiger partial charge is 0.339 e. The zero-order valence-corrected chi connectivity index (χ0v) is 12.7. The SMILES string of the molecule is C=C(C)COC(=O)c1ccccc1C(=O)OCCCCC. The summed E-state index contributed by atoms with van der Waals surface area (Å²) in [6.07, 6.45) is 2.89. The summed E-state index contributed by atoms with van der Waals surface area (Å²) in [6.45, 7) is 8.01. The van der Waals surface area contributed by atoms with Crippen molar-refractivity contribution in [2.24, 2.45) is 0 Å². The van der Waals surface area contributed by atoms with Gasteiger partial charge in [-0.3, -0.25) is 0 Å². The number of esters is 2. The summed E-state index contributed by atoms with van der Waals surface area (Å²) >= 11 is 0. The fourth-order valence-electron chi connectivity index (χ4n) is 1.70. The summed E-state index contributed by atoms with van der Waals surface area (Å²) < 4.78 is 10.3. The minimum absolute atomic E-state index is 0.138. The Balaban J connectivity index is 2.71. The van der Waals surface area contributed by atoms with Gasteiger partial charge in [-0.1, -0.05) is 38.5 Å². The van der Waals surface area contributed by atoms with E-state index in [1.54, 1.807) is 31.2 Å². The van der Waals surface area contributed by atoms with Crippen LogP contribution >= 0.6 is 0 Å². The molecule has 0 radical (unpaired) electrons. The molecule has 0 bridgehead atoms. The molecular weight excluding hydrogens is 268 g/mol. The Hall–Kier alpha value is -2.10. The molecule has 0 spiro atoms. The normalized spacial score (nSPS) is 10.0. The van der Waals surface area contributed by atoms with E-state index in [1.807, 2.05) is 0 Å². The van der Waals surface area contributed by atoms with E-state index in [2.05, 4.69) is 13.5 Å². The summed E-state index contributed by atoms with van der Waals surface area (Å²) in [6, 6.07) is 6.51. The molecule has 0 saturated carbocycles. The lowest BCUT2D eigenvalue weighted by atomic mass is 10.1. The summed E-state index contributed by atoms with van der Waals surface area (Å²) in [5.41, 5.74) is 1.20. The van der Waals surface area contributed by atoms with Gasteiger partial charge in [-0.05, 0) is 31.1 Å². The van der Waals surface area contributed by atoms with Crippen LogP contribution in [0.25, 0.3) is 0 Å². The van der Waals surface area contributed by atoms with Gasteiger partial charge < -0.3 is 9.47 Å². The first-order valence-electron chi connectivity index (χ1n) is 7.14. The highest BCUT2D eigenvalue weighted by Crippen LogP contribution is 2.13. The van der Waals surface area contributed by atoms with Gasteiger partial charge in [-0.2, -0.15) is 0 Å². The predicted molar refractivity (Wildman–Crippen MR) is 81.3 cm³/mol. The van der Waals surface area contributed by atoms with E-state index >= 15 is 0 Å². The van der Waals surface area contributed by atoms with Crippen molar-refractivity contribution >= 4 is 11.9 Å². The molecule has 0 amide bonds. The highest BCUT2D eigenvalue weighted by molar-refractivity contribution is 6.03. The zero-order valence-electron chi connectivity index (χ0n) is 12.7. The minimum Gasteiger partial charge on any atom is -0.462 e. The van der Waals surface area contributed by atoms with Crippen LogP contribution in [0.15, 0.2) is 36.4 Å². The fourth-order valence-corrected chi connectivity index (χ4v) is 1.70. The second kappa shape index (κ2) is 8.95. The zero-order chi connectivity index (χ0) is 15.7. The average Bonchev–Trinajstić information content (AvgIpc) is 2.49. The van der Waals surface area contributed by atoms with Crippen molar-refractivity contribution in [2.45, 2.75) is 33.1 Å². The van der Waals surface area contributed by atoms with Crippen LogP contribution in [0.2, 0.25) is 0 Å². The first kappa shape index (κ1) is 17.0. The van der Waals surface area contributed by atoms with Crippen LogP contribution < -0.4 is 0 Å². The summed E-state index contributed by atoms with van der Waals surface area (Å²) in [4.78, 5) is 24.0. The van der Waals surface area contributed by atoms with Crippen molar-refractivity contribution < 1.29 is 19.1 Å². The second-order valence-electron chi connectivity index (χ2n) is 4.92. The molecule has 21 heavy (non-hydrogen) atoms. The Labute approximate surface area is 125 Å². The van der Waals surface area contributed by atoms with Crippen molar-refractivity contribution in [3.05, 3.63) is 47.5 Å². The molecule has 0 aliphatic heterocycles. The summed E-state index contributed by atoms with van der Waals surface area (Å²) in [5.74, 6) is -1.03. The summed E-state index contributed by atoms with van der Waals surface area (Å²) in [7, 11) is 0. The molecule has 0 aliphatic rings. The number of benzene rings is 1. The first-order chi connectivity index (χ1) is 10.1. The van der Waals surface area contributed by atoms with E-state index in [0.29, 0.717) is 6.61 Å². The van der Waals surface area contributed by atoms with Gasteiger partial charge in [0.05, 0.1) is 17.7 Å². The molecule has 1 rings (SSSR count). The van der Waals surface area contributed by atoms with Gasteiger partial charge in [0.1, 0.15) is 6.61 Å². The number of carbonyl (C=O) groups is 2. The first-order valence-corrected chi connectivity index (χ1v) is 7.14.